The van der Waals surface area contributed by atoms with Crippen molar-refractivity contribution in [2.24, 2.45) is 0 Å². The molecular weight excluding hydrogens is 254 g/mol. The second-order valence-electron chi connectivity index (χ2n) is 4.49. The maximum atomic E-state index is 5.89. The van der Waals surface area contributed by atoms with Crippen molar-refractivity contribution >= 4 is 28.6 Å². The fourth-order valence-corrected chi connectivity index (χ4v) is 2.40. The van der Waals surface area contributed by atoms with Gasteiger partial charge in [0.2, 0.25) is 5.28 Å². The van der Waals surface area contributed by atoms with Crippen LogP contribution in [0.25, 0.3) is 11.2 Å². The minimum absolute atomic E-state index is 0.206. The molecule has 2 aromatic rings. The fraction of sp³-hybridized carbons (Fsp3) is 0.545. The first-order valence-corrected chi connectivity index (χ1v) is 6.35. The fourth-order valence-electron chi connectivity index (χ4n) is 2.23. The van der Waals surface area contributed by atoms with Crippen molar-refractivity contribution in [3.05, 3.63) is 11.6 Å². The highest BCUT2D eigenvalue weighted by molar-refractivity contribution is 6.28. The Labute approximate surface area is 109 Å². The van der Waals surface area contributed by atoms with Crippen LogP contribution in [-0.2, 0) is 4.74 Å². The third-order valence-corrected chi connectivity index (χ3v) is 3.25. The molecule has 0 aromatic carbocycles. The summed E-state index contributed by atoms with van der Waals surface area (Å²) in [7, 11) is 0. The SMILES string of the molecule is CC1CC(Nc2nc(Cl)nc3nc[nH]c23)CCO1. The van der Waals surface area contributed by atoms with Gasteiger partial charge in [-0.05, 0) is 31.4 Å². The molecule has 2 atom stereocenters. The molecule has 2 unspecified atom stereocenters. The normalized spacial score (nSPS) is 24.3. The molecule has 0 aliphatic carbocycles. The summed E-state index contributed by atoms with van der Waals surface area (Å²) >= 11 is 5.89. The van der Waals surface area contributed by atoms with Crippen molar-refractivity contribution in [1.29, 1.82) is 0 Å². The molecule has 7 heteroatoms. The van der Waals surface area contributed by atoms with Crippen LogP contribution in [0.2, 0.25) is 5.28 Å². The monoisotopic (exact) mass is 267 g/mol. The Kier molecular flexibility index (Phi) is 3.05. The number of ether oxygens (including phenoxy) is 1. The first-order chi connectivity index (χ1) is 8.72. The molecule has 1 fully saturated rings. The Morgan fingerprint density at radius 3 is 3.22 bits per heavy atom. The maximum Gasteiger partial charge on any atom is 0.226 e. The summed E-state index contributed by atoms with van der Waals surface area (Å²) in [6.45, 7) is 2.84. The van der Waals surface area contributed by atoms with E-state index in [0.29, 0.717) is 17.5 Å². The lowest BCUT2D eigenvalue weighted by Crippen LogP contribution is -2.32. The molecule has 96 valence electrons. The quantitative estimate of drug-likeness (QED) is 0.814. The van der Waals surface area contributed by atoms with Gasteiger partial charge in [0, 0.05) is 12.6 Å². The first kappa shape index (κ1) is 11.7. The molecule has 0 saturated carbocycles. The molecular formula is C11H14ClN5O. The van der Waals surface area contributed by atoms with Crippen LogP contribution in [0.5, 0.6) is 0 Å². The predicted octanol–water partition coefficient (Wildman–Crippen LogP) is 1.99. The summed E-state index contributed by atoms with van der Waals surface area (Å²) in [5.41, 5.74) is 1.37. The lowest BCUT2D eigenvalue weighted by Gasteiger charge is -2.28. The van der Waals surface area contributed by atoms with E-state index in [0.717, 1.165) is 25.0 Å². The highest BCUT2D eigenvalue weighted by Crippen LogP contribution is 2.23. The van der Waals surface area contributed by atoms with Gasteiger partial charge in [-0.2, -0.15) is 9.97 Å². The number of hydrogen-bond acceptors (Lipinski definition) is 5. The number of aromatic amines is 1. The molecule has 0 radical (unpaired) electrons. The van der Waals surface area contributed by atoms with Gasteiger partial charge >= 0.3 is 0 Å². The highest BCUT2D eigenvalue weighted by Gasteiger charge is 2.21. The number of imidazole rings is 1. The predicted molar refractivity (Wildman–Crippen MR) is 68.8 cm³/mol. The number of halogens is 1. The molecule has 18 heavy (non-hydrogen) atoms. The number of aromatic nitrogens is 4. The number of anilines is 1. The van der Waals surface area contributed by atoms with E-state index in [1.807, 2.05) is 0 Å². The Balaban J connectivity index is 1.87. The zero-order chi connectivity index (χ0) is 12.5. The number of fused-ring (bicyclic) bond motifs is 1. The van der Waals surface area contributed by atoms with E-state index in [1.54, 1.807) is 6.33 Å². The van der Waals surface area contributed by atoms with Crippen LogP contribution in [0.15, 0.2) is 6.33 Å². The highest BCUT2D eigenvalue weighted by atomic mass is 35.5. The number of nitrogens with zero attached hydrogens (tertiary/aromatic N) is 3. The van der Waals surface area contributed by atoms with Crippen molar-refractivity contribution in [2.45, 2.75) is 31.9 Å². The average Bonchev–Trinajstić information content (AvgIpc) is 2.77. The molecule has 1 saturated heterocycles. The van der Waals surface area contributed by atoms with Crippen LogP contribution < -0.4 is 5.32 Å². The van der Waals surface area contributed by atoms with Crippen LogP contribution in [0.3, 0.4) is 0 Å². The van der Waals surface area contributed by atoms with E-state index in [1.165, 1.54) is 0 Å². The molecule has 3 rings (SSSR count). The minimum Gasteiger partial charge on any atom is -0.378 e. The van der Waals surface area contributed by atoms with Crippen molar-refractivity contribution in [3.63, 3.8) is 0 Å². The van der Waals surface area contributed by atoms with E-state index >= 15 is 0 Å². The molecule has 2 aromatic heterocycles. The second kappa shape index (κ2) is 4.70. The van der Waals surface area contributed by atoms with Crippen LogP contribution in [-0.4, -0.2) is 38.7 Å². The Morgan fingerprint density at radius 2 is 2.39 bits per heavy atom. The van der Waals surface area contributed by atoms with Crippen molar-refractivity contribution in [3.8, 4) is 0 Å². The van der Waals surface area contributed by atoms with E-state index in [2.05, 4.69) is 32.2 Å². The summed E-state index contributed by atoms with van der Waals surface area (Å²) < 4.78 is 5.52. The largest absolute Gasteiger partial charge is 0.378 e. The zero-order valence-electron chi connectivity index (χ0n) is 9.98. The van der Waals surface area contributed by atoms with E-state index < -0.39 is 0 Å². The van der Waals surface area contributed by atoms with Crippen molar-refractivity contribution in [1.82, 2.24) is 19.9 Å². The lowest BCUT2D eigenvalue weighted by atomic mass is 10.0. The molecule has 6 nitrogen and oxygen atoms in total. The van der Waals surface area contributed by atoms with Gasteiger partial charge in [0.15, 0.2) is 11.5 Å². The Bertz CT molecular complexity index is 557. The van der Waals surface area contributed by atoms with Crippen molar-refractivity contribution < 1.29 is 4.74 Å². The Morgan fingerprint density at radius 1 is 1.50 bits per heavy atom. The van der Waals surface area contributed by atoms with Crippen LogP contribution in [0, 0.1) is 0 Å². The standard InChI is InChI=1S/C11H14ClN5O/c1-6-4-7(2-3-18-6)15-10-8-9(14-5-13-8)16-11(12)17-10/h5-7H,2-4H2,1H3,(H2,13,14,15,16,17). The van der Waals surface area contributed by atoms with Gasteiger partial charge in [-0.1, -0.05) is 0 Å². The lowest BCUT2D eigenvalue weighted by molar-refractivity contribution is 0.0232. The third-order valence-electron chi connectivity index (χ3n) is 3.08. The summed E-state index contributed by atoms with van der Waals surface area (Å²) in [5, 5.41) is 3.60. The number of rotatable bonds is 2. The van der Waals surface area contributed by atoms with Crippen LogP contribution in [0.4, 0.5) is 5.82 Å². The molecule has 1 aliphatic heterocycles. The summed E-state index contributed by atoms with van der Waals surface area (Å²) in [4.78, 5) is 15.4. The minimum atomic E-state index is 0.206. The first-order valence-electron chi connectivity index (χ1n) is 5.97. The van der Waals surface area contributed by atoms with Gasteiger partial charge in [-0.3, -0.25) is 0 Å². The molecule has 3 heterocycles. The topological polar surface area (TPSA) is 75.7 Å². The number of hydrogen-bond donors (Lipinski definition) is 2. The smallest absolute Gasteiger partial charge is 0.226 e. The van der Waals surface area contributed by atoms with Gasteiger partial charge in [0.1, 0.15) is 5.52 Å². The summed E-state index contributed by atoms with van der Waals surface area (Å²) in [5.74, 6) is 0.710. The van der Waals surface area contributed by atoms with Crippen LogP contribution >= 0.6 is 11.6 Å². The molecule has 0 spiro atoms. The zero-order valence-corrected chi connectivity index (χ0v) is 10.7. The van der Waals surface area contributed by atoms with Crippen molar-refractivity contribution in [2.75, 3.05) is 11.9 Å². The second-order valence-corrected chi connectivity index (χ2v) is 4.83. The molecule has 2 N–H and O–H groups in total. The van der Waals surface area contributed by atoms with E-state index in [-0.39, 0.29) is 11.4 Å². The van der Waals surface area contributed by atoms with Crippen LogP contribution in [0.1, 0.15) is 19.8 Å². The number of H-pyrrole nitrogens is 1. The average molecular weight is 268 g/mol. The maximum absolute atomic E-state index is 5.89. The third kappa shape index (κ3) is 2.26. The van der Waals surface area contributed by atoms with E-state index in [4.69, 9.17) is 16.3 Å². The molecule has 1 aliphatic rings. The van der Waals surface area contributed by atoms with Gasteiger partial charge in [-0.15, -0.1) is 0 Å². The van der Waals surface area contributed by atoms with Gasteiger partial charge in [-0.25, -0.2) is 4.98 Å². The number of nitrogens with one attached hydrogen (secondary N) is 2. The molecule has 0 amide bonds. The van der Waals surface area contributed by atoms with Gasteiger partial charge in [0.25, 0.3) is 0 Å². The Hall–Kier alpha value is -1.40. The van der Waals surface area contributed by atoms with Gasteiger partial charge < -0.3 is 15.0 Å². The summed E-state index contributed by atoms with van der Waals surface area (Å²) in [6.07, 6.45) is 3.78. The van der Waals surface area contributed by atoms with E-state index in [9.17, 15) is 0 Å². The van der Waals surface area contributed by atoms with Gasteiger partial charge in [0.05, 0.1) is 12.4 Å². The molecule has 0 bridgehead atoms. The summed E-state index contributed by atoms with van der Waals surface area (Å²) in [6, 6.07) is 0.339.